The van der Waals surface area contributed by atoms with Crippen LogP contribution in [0, 0.1) is 6.92 Å². The molecular weight excluding hydrogens is 310 g/mol. The van der Waals surface area contributed by atoms with Crippen LogP contribution in [-0.2, 0) is 11.2 Å². The van der Waals surface area contributed by atoms with E-state index in [1.165, 1.54) is 0 Å². The Morgan fingerprint density at radius 1 is 0.957 bits per heavy atom. The van der Waals surface area contributed by atoms with Gasteiger partial charge in [-0.05, 0) is 31.0 Å². The predicted molar refractivity (Wildman–Crippen MR) is 92.9 cm³/mol. The predicted octanol–water partition coefficient (Wildman–Crippen LogP) is 3.97. The fraction of sp³-hybridized carbons (Fsp3) is 0.263. The number of carbonyl (C=O) groups excluding carboxylic acids is 2. The third-order valence-electron chi connectivity index (χ3n) is 3.60. The van der Waals surface area contributed by atoms with E-state index in [-0.39, 0.29) is 24.5 Å². The van der Waals surface area contributed by atoms with E-state index in [4.69, 9.17) is 11.6 Å². The normalized spacial score (nSPS) is 10.3. The van der Waals surface area contributed by atoms with Crippen molar-refractivity contribution in [3.8, 4) is 0 Å². The third kappa shape index (κ3) is 5.87. The maximum absolute atomic E-state index is 12.0. The summed E-state index contributed by atoms with van der Waals surface area (Å²) in [4.78, 5) is 23.8. The van der Waals surface area contributed by atoms with E-state index in [9.17, 15) is 9.59 Å². The number of hydrogen-bond acceptors (Lipinski definition) is 2. The third-order valence-corrected chi connectivity index (χ3v) is 3.85. The smallest absolute Gasteiger partial charge is 0.220 e. The van der Waals surface area contributed by atoms with Crippen LogP contribution >= 0.6 is 11.6 Å². The molecule has 0 aliphatic heterocycles. The summed E-state index contributed by atoms with van der Waals surface area (Å²) in [6, 6.07) is 15.0. The average molecular weight is 330 g/mol. The van der Waals surface area contributed by atoms with Gasteiger partial charge in [-0.15, -0.1) is 0 Å². The van der Waals surface area contributed by atoms with E-state index in [1.54, 1.807) is 12.1 Å². The van der Waals surface area contributed by atoms with Crippen molar-refractivity contribution >= 4 is 23.3 Å². The number of halogens is 1. The number of carbonyl (C=O) groups is 2. The molecule has 0 fully saturated rings. The maximum Gasteiger partial charge on any atom is 0.220 e. The number of ketones is 1. The SMILES string of the molecule is Cc1ccc(C(=O)CCC(=O)NCCc2ccc(Cl)cc2)cc1. The summed E-state index contributed by atoms with van der Waals surface area (Å²) in [6.45, 7) is 2.53. The first-order chi connectivity index (χ1) is 11.0. The van der Waals surface area contributed by atoms with Crippen LogP contribution in [0.5, 0.6) is 0 Å². The number of benzene rings is 2. The summed E-state index contributed by atoms with van der Waals surface area (Å²) < 4.78 is 0. The zero-order valence-corrected chi connectivity index (χ0v) is 13.9. The van der Waals surface area contributed by atoms with E-state index < -0.39 is 0 Å². The van der Waals surface area contributed by atoms with Crippen molar-refractivity contribution in [3.63, 3.8) is 0 Å². The van der Waals surface area contributed by atoms with Crippen LogP contribution in [0.25, 0.3) is 0 Å². The van der Waals surface area contributed by atoms with E-state index in [0.29, 0.717) is 17.1 Å². The number of aryl methyl sites for hydroxylation is 1. The van der Waals surface area contributed by atoms with E-state index in [0.717, 1.165) is 17.5 Å². The van der Waals surface area contributed by atoms with Gasteiger partial charge in [-0.1, -0.05) is 53.6 Å². The fourth-order valence-electron chi connectivity index (χ4n) is 2.20. The summed E-state index contributed by atoms with van der Waals surface area (Å²) in [5.74, 6) is -0.0997. The Hall–Kier alpha value is -2.13. The van der Waals surface area contributed by atoms with Crippen LogP contribution in [0.3, 0.4) is 0 Å². The number of hydrogen-bond donors (Lipinski definition) is 1. The van der Waals surface area contributed by atoms with Crippen LogP contribution in [-0.4, -0.2) is 18.2 Å². The van der Waals surface area contributed by atoms with Crippen molar-refractivity contribution in [2.75, 3.05) is 6.54 Å². The monoisotopic (exact) mass is 329 g/mol. The summed E-state index contributed by atoms with van der Waals surface area (Å²) in [5.41, 5.74) is 2.89. The lowest BCUT2D eigenvalue weighted by Crippen LogP contribution is -2.26. The Labute approximate surface area is 141 Å². The van der Waals surface area contributed by atoms with Crippen LogP contribution in [0.4, 0.5) is 0 Å². The van der Waals surface area contributed by atoms with Crippen LogP contribution in [0.15, 0.2) is 48.5 Å². The minimum atomic E-state index is -0.0978. The van der Waals surface area contributed by atoms with E-state index in [2.05, 4.69) is 5.32 Å². The number of nitrogens with one attached hydrogen (secondary N) is 1. The highest BCUT2D eigenvalue weighted by molar-refractivity contribution is 6.30. The molecule has 0 saturated carbocycles. The molecule has 1 amide bonds. The lowest BCUT2D eigenvalue weighted by molar-refractivity contribution is -0.121. The Bertz CT molecular complexity index is 663. The first-order valence-corrected chi connectivity index (χ1v) is 8.03. The second-order valence-corrected chi connectivity index (χ2v) is 5.95. The maximum atomic E-state index is 12.0. The largest absolute Gasteiger partial charge is 0.356 e. The lowest BCUT2D eigenvalue weighted by atomic mass is 10.0. The zero-order valence-electron chi connectivity index (χ0n) is 13.1. The molecule has 0 radical (unpaired) electrons. The number of amides is 1. The minimum absolute atomic E-state index is 0.00199. The molecule has 0 atom stereocenters. The van der Waals surface area contributed by atoms with Gasteiger partial charge in [0.05, 0.1) is 0 Å². The van der Waals surface area contributed by atoms with Gasteiger partial charge in [-0.25, -0.2) is 0 Å². The molecule has 0 bridgehead atoms. The van der Waals surface area contributed by atoms with Crippen molar-refractivity contribution in [1.29, 1.82) is 0 Å². The van der Waals surface area contributed by atoms with Gasteiger partial charge in [0, 0.05) is 30.0 Å². The fourth-order valence-corrected chi connectivity index (χ4v) is 2.32. The molecule has 2 rings (SSSR count). The molecule has 0 aromatic heterocycles. The highest BCUT2D eigenvalue weighted by Crippen LogP contribution is 2.10. The van der Waals surface area contributed by atoms with Gasteiger partial charge in [-0.3, -0.25) is 9.59 Å². The van der Waals surface area contributed by atoms with Crippen LogP contribution in [0.1, 0.15) is 34.3 Å². The average Bonchev–Trinajstić information content (AvgIpc) is 2.55. The molecule has 120 valence electrons. The van der Waals surface area contributed by atoms with Crippen molar-refractivity contribution in [1.82, 2.24) is 5.32 Å². The number of Topliss-reactive ketones (excluding diaryl/α,β-unsaturated/α-hetero) is 1. The second kappa shape index (κ2) is 8.49. The molecule has 2 aromatic rings. The summed E-state index contributed by atoms with van der Waals surface area (Å²) in [7, 11) is 0. The van der Waals surface area contributed by atoms with Gasteiger partial charge in [0.1, 0.15) is 0 Å². The Kier molecular flexibility index (Phi) is 6.36. The van der Waals surface area contributed by atoms with Crippen molar-refractivity contribution in [3.05, 3.63) is 70.2 Å². The van der Waals surface area contributed by atoms with Gasteiger partial charge in [0.25, 0.3) is 0 Å². The van der Waals surface area contributed by atoms with Gasteiger partial charge in [-0.2, -0.15) is 0 Å². The molecule has 0 aliphatic carbocycles. The molecule has 1 N–H and O–H groups in total. The Morgan fingerprint density at radius 3 is 2.26 bits per heavy atom. The summed E-state index contributed by atoms with van der Waals surface area (Å²) >= 11 is 5.82. The molecule has 0 spiro atoms. The van der Waals surface area contributed by atoms with Crippen molar-refractivity contribution < 1.29 is 9.59 Å². The lowest BCUT2D eigenvalue weighted by Gasteiger charge is -2.06. The molecule has 2 aromatic carbocycles. The van der Waals surface area contributed by atoms with Gasteiger partial charge in [0.15, 0.2) is 5.78 Å². The molecule has 0 saturated heterocycles. The zero-order chi connectivity index (χ0) is 16.7. The Balaban J connectivity index is 1.69. The minimum Gasteiger partial charge on any atom is -0.356 e. The Morgan fingerprint density at radius 2 is 1.61 bits per heavy atom. The molecule has 3 nitrogen and oxygen atoms in total. The highest BCUT2D eigenvalue weighted by Gasteiger charge is 2.09. The molecular formula is C19H20ClNO2. The van der Waals surface area contributed by atoms with Crippen molar-refractivity contribution in [2.45, 2.75) is 26.2 Å². The van der Waals surface area contributed by atoms with E-state index >= 15 is 0 Å². The van der Waals surface area contributed by atoms with Crippen molar-refractivity contribution in [2.24, 2.45) is 0 Å². The molecule has 0 aliphatic rings. The van der Waals surface area contributed by atoms with Gasteiger partial charge >= 0.3 is 0 Å². The van der Waals surface area contributed by atoms with Gasteiger partial charge < -0.3 is 5.32 Å². The summed E-state index contributed by atoms with van der Waals surface area (Å²) in [6.07, 6.45) is 1.19. The summed E-state index contributed by atoms with van der Waals surface area (Å²) in [5, 5.41) is 3.54. The molecule has 23 heavy (non-hydrogen) atoms. The molecule has 4 heteroatoms. The topological polar surface area (TPSA) is 46.2 Å². The molecule has 0 heterocycles. The quantitative estimate of drug-likeness (QED) is 0.781. The molecule has 0 unspecified atom stereocenters. The van der Waals surface area contributed by atoms with Crippen LogP contribution < -0.4 is 5.32 Å². The van der Waals surface area contributed by atoms with E-state index in [1.807, 2.05) is 43.3 Å². The van der Waals surface area contributed by atoms with Crippen LogP contribution in [0.2, 0.25) is 5.02 Å². The number of rotatable bonds is 7. The first kappa shape index (κ1) is 17.2. The van der Waals surface area contributed by atoms with Gasteiger partial charge in [0.2, 0.25) is 5.91 Å². The highest BCUT2D eigenvalue weighted by atomic mass is 35.5. The standard InChI is InChI=1S/C19H20ClNO2/c1-14-2-6-16(7-3-14)18(22)10-11-19(23)21-13-12-15-4-8-17(20)9-5-15/h2-9H,10-13H2,1H3,(H,21,23). The second-order valence-electron chi connectivity index (χ2n) is 5.52. The first-order valence-electron chi connectivity index (χ1n) is 7.65.